The molecule has 1 N–H and O–H groups in total. The summed E-state index contributed by atoms with van der Waals surface area (Å²) in [6.45, 7) is 2.92. The SMILES string of the molecule is Cc1ccccc1OCCN(C)C(=O)[C@@H]1CC[C@H](C(=O)O)C1. The van der Waals surface area contributed by atoms with E-state index in [0.717, 1.165) is 11.3 Å². The van der Waals surface area contributed by atoms with Crippen molar-refractivity contribution in [2.75, 3.05) is 20.2 Å². The number of benzene rings is 1. The molecule has 1 aliphatic carbocycles. The van der Waals surface area contributed by atoms with Crippen molar-refractivity contribution in [2.24, 2.45) is 11.8 Å². The molecule has 1 aromatic rings. The smallest absolute Gasteiger partial charge is 0.306 e. The highest BCUT2D eigenvalue weighted by molar-refractivity contribution is 5.80. The fourth-order valence-electron chi connectivity index (χ4n) is 2.86. The highest BCUT2D eigenvalue weighted by atomic mass is 16.5. The predicted molar refractivity (Wildman–Crippen MR) is 82.8 cm³/mol. The van der Waals surface area contributed by atoms with Crippen molar-refractivity contribution in [3.8, 4) is 5.75 Å². The lowest BCUT2D eigenvalue weighted by molar-refractivity contribution is -0.141. The molecule has 120 valence electrons. The number of rotatable bonds is 6. The van der Waals surface area contributed by atoms with E-state index in [2.05, 4.69) is 0 Å². The standard InChI is InChI=1S/C17H23NO4/c1-12-5-3-4-6-15(12)22-10-9-18(2)16(19)13-7-8-14(11-13)17(20)21/h3-6,13-14H,7-11H2,1-2H3,(H,20,21)/t13-,14+/m1/s1. The Hall–Kier alpha value is -2.04. The molecule has 0 aliphatic heterocycles. The van der Waals surface area contributed by atoms with Crippen LogP contribution in [-0.4, -0.2) is 42.1 Å². The fraction of sp³-hybridized carbons (Fsp3) is 0.529. The maximum absolute atomic E-state index is 12.3. The van der Waals surface area contributed by atoms with Gasteiger partial charge in [-0.2, -0.15) is 0 Å². The molecule has 2 atom stereocenters. The molecule has 1 fully saturated rings. The lowest BCUT2D eigenvalue weighted by Gasteiger charge is -2.21. The van der Waals surface area contributed by atoms with Crippen molar-refractivity contribution in [1.29, 1.82) is 0 Å². The number of carbonyl (C=O) groups excluding carboxylic acids is 1. The number of hydrogen-bond donors (Lipinski definition) is 1. The van der Waals surface area contributed by atoms with E-state index in [9.17, 15) is 9.59 Å². The average Bonchev–Trinajstić information content (AvgIpc) is 2.98. The van der Waals surface area contributed by atoms with Gasteiger partial charge in [0.25, 0.3) is 0 Å². The van der Waals surface area contributed by atoms with Crippen LogP contribution in [0.15, 0.2) is 24.3 Å². The maximum Gasteiger partial charge on any atom is 0.306 e. The van der Waals surface area contributed by atoms with Crippen LogP contribution in [0.5, 0.6) is 5.75 Å². The number of carboxylic acids is 1. The number of amides is 1. The number of nitrogens with zero attached hydrogens (tertiary/aromatic N) is 1. The number of carboxylic acid groups (broad SMARTS) is 1. The summed E-state index contributed by atoms with van der Waals surface area (Å²) in [5, 5.41) is 9.00. The minimum Gasteiger partial charge on any atom is -0.491 e. The van der Waals surface area contributed by atoms with Crippen molar-refractivity contribution >= 4 is 11.9 Å². The lowest BCUT2D eigenvalue weighted by atomic mass is 10.0. The summed E-state index contributed by atoms with van der Waals surface area (Å²) in [6, 6.07) is 7.76. The molecular formula is C17H23NO4. The van der Waals surface area contributed by atoms with E-state index in [1.54, 1.807) is 11.9 Å². The molecule has 1 aliphatic rings. The second-order valence-corrected chi connectivity index (χ2v) is 5.92. The van der Waals surface area contributed by atoms with Gasteiger partial charge in [0.2, 0.25) is 5.91 Å². The molecule has 2 rings (SSSR count). The Labute approximate surface area is 130 Å². The third-order valence-electron chi connectivity index (χ3n) is 4.29. The second kappa shape index (κ2) is 7.29. The molecule has 5 heteroatoms. The van der Waals surface area contributed by atoms with Gasteiger partial charge in [-0.3, -0.25) is 9.59 Å². The summed E-state index contributed by atoms with van der Waals surface area (Å²) in [7, 11) is 1.75. The number of carbonyl (C=O) groups is 2. The molecule has 1 saturated carbocycles. The van der Waals surface area contributed by atoms with E-state index in [0.29, 0.717) is 32.4 Å². The number of aryl methyl sites for hydroxylation is 1. The highest BCUT2D eigenvalue weighted by Gasteiger charge is 2.34. The highest BCUT2D eigenvalue weighted by Crippen LogP contribution is 2.32. The van der Waals surface area contributed by atoms with E-state index in [-0.39, 0.29) is 17.7 Å². The third kappa shape index (κ3) is 4.00. The summed E-state index contributed by atoms with van der Waals surface area (Å²) in [6.07, 6.45) is 1.72. The van der Waals surface area contributed by atoms with E-state index >= 15 is 0 Å². The Morgan fingerprint density at radius 2 is 1.95 bits per heavy atom. The van der Waals surface area contributed by atoms with Gasteiger partial charge in [0, 0.05) is 13.0 Å². The zero-order valence-corrected chi connectivity index (χ0v) is 13.1. The first kappa shape index (κ1) is 16.3. The monoisotopic (exact) mass is 305 g/mol. The molecule has 0 radical (unpaired) electrons. The van der Waals surface area contributed by atoms with Gasteiger partial charge < -0.3 is 14.7 Å². The van der Waals surface area contributed by atoms with Crippen LogP contribution in [0.25, 0.3) is 0 Å². The molecule has 22 heavy (non-hydrogen) atoms. The van der Waals surface area contributed by atoms with E-state index < -0.39 is 5.97 Å². The van der Waals surface area contributed by atoms with E-state index in [1.807, 2.05) is 31.2 Å². The lowest BCUT2D eigenvalue weighted by Crippen LogP contribution is -2.35. The van der Waals surface area contributed by atoms with Crippen LogP contribution in [0.2, 0.25) is 0 Å². The number of likely N-dealkylation sites (N-methyl/N-ethyl adjacent to an activating group) is 1. The first-order valence-electron chi connectivity index (χ1n) is 7.65. The van der Waals surface area contributed by atoms with Crippen molar-refractivity contribution in [1.82, 2.24) is 4.90 Å². The summed E-state index contributed by atoms with van der Waals surface area (Å²) >= 11 is 0. The number of hydrogen-bond acceptors (Lipinski definition) is 3. The van der Waals surface area contributed by atoms with Crippen molar-refractivity contribution < 1.29 is 19.4 Å². The van der Waals surface area contributed by atoms with Gasteiger partial charge in [-0.25, -0.2) is 0 Å². The van der Waals surface area contributed by atoms with Crippen LogP contribution in [0.3, 0.4) is 0 Å². The Kier molecular flexibility index (Phi) is 5.41. The summed E-state index contributed by atoms with van der Waals surface area (Å²) in [4.78, 5) is 24.9. The maximum atomic E-state index is 12.3. The van der Waals surface area contributed by atoms with Crippen molar-refractivity contribution in [3.05, 3.63) is 29.8 Å². The van der Waals surface area contributed by atoms with Crippen LogP contribution < -0.4 is 4.74 Å². The van der Waals surface area contributed by atoms with Crippen LogP contribution in [0.1, 0.15) is 24.8 Å². The minimum atomic E-state index is -0.791. The van der Waals surface area contributed by atoms with Crippen LogP contribution in [0, 0.1) is 18.8 Å². The van der Waals surface area contributed by atoms with E-state index in [4.69, 9.17) is 9.84 Å². The van der Waals surface area contributed by atoms with Crippen LogP contribution in [0.4, 0.5) is 0 Å². The minimum absolute atomic E-state index is 0.0251. The number of aliphatic carboxylic acids is 1. The molecule has 0 saturated heterocycles. The molecule has 0 aromatic heterocycles. The molecule has 0 heterocycles. The fourth-order valence-corrected chi connectivity index (χ4v) is 2.86. The first-order chi connectivity index (χ1) is 10.5. The zero-order chi connectivity index (χ0) is 16.1. The normalized spacial score (nSPS) is 20.6. The number of ether oxygens (including phenoxy) is 1. The molecule has 0 spiro atoms. The third-order valence-corrected chi connectivity index (χ3v) is 4.29. The van der Waals surface area contributed by atoms with Gasteiger partial charge in [0.15, 0.2) is 0 Å². The van der Waals surface area contributed by atoms with Crippen LogP contribution >= 0.6 is 0 Å². The molecule has 0 bridgehead atoms. The molecule has 5 nitrogen and oxygen atoms in total. The van der Waals surface area contributed by atoms with Gasteiger partial charge in [-0.15, -0.1) is 0 Å². The largest absolute Gasteiger partial charge is 0.491 e. The van der Waals surface area contributed by atoms with Crippen molar-refractivity contribution in [2.45, 2.75) is 26.2 Å². The quantitative estimate of drug-likeness (QED) is 0.876. The van der Waals surface area contributed by atoms with Gasteiger partial charge in [0.1, 0.15) is 12.4 Å². The van der Waals surface area contributed by atoms with Gasteiger partial charge in [-0.1, -0.05) is 18.2 Å². The summed E-state index contributed by atoms with van der Waals surface area (Å²) < 4.78 is 5.69. The Morgan fingerprint density at radius 3 is 2.59 bits per heavy atom. The topological polar surface area (TPSA) is 66.8 Å². The summed E-state index contributed by atoms with van der Waals surface area (Å²) in [5.41, 5.74) is 1.07. The van der Waals surface area contributed by atoms with Crippen molar-refractivity contribution in [3.63, 3.8) is 0 Å². The predicted octanol–water partition coefficient (Wildman–Crippen LogP) is 2.33. The Balaban J connectivity index is 1.78. The number of para-hydroxylation sites is 1. The van der Waals surface area contributed by atoms with E-state index in [1.165, 1.54) is 0 Å². The molecule has 1 amide bonds. The Morgan fingerprint density at radius 1 is 1.27 bits per heavy atom. The zero-order valence-electron chi connectivity index (χ0n) is 13.1. The van der Waals surface area contributed by atoms with Gasteiger partial charge in [-0.05, 0) is 37.8 Å². The molecule has 0 unspecified atom stereocenters. The van der Waals surface area contributed by atoms with Gasteiger partial charge >= 0.3 is 5.97 Å². The second-order valence-electron chi connectivity index (χ2n) is 5.92. The summed E-state index contributed by atoms with van der Waals surface area (Å²) in [5.74, 6) is -0.469. The average molecular weight is 305 g/mol. The van der Waals surface area contributed by atoms with Gasteiger partial charge in [0.05, 0.1) is 12.5 Å². The molecule has 1 aromatic carbocycles. The Bertz CT molecular complexity index is 543. The first-order valence-corrected chi connectivity index (χ1v) is 7.65. The van der Waals surface area contributed by atoms with Crippen LogP contribution in [-0.2, 0) is 9.59 Å². The molecular weight excluding hydrogens is 282 g/mol.